The summed E-state index contributed by atoms with van der Waals surface area (Å²) >= 11 is 3.42. The Morgan fingerprint density at radius 1 is 1.15 bits per heavy atom. The maximum Gasteiger partial charge on any atom is 0.220 e. The van der Waals surface area contributed by atoms with Crippen molar-refractivity contribution in [2.75, 3.05) is 7.05 Å². The van der Waals surface area contributed by atoms with E-state index in [2.05, 4.69) is 38.7 Å². The lowest BCUT2D eigenvalue weighted by Crippen LogP contribution is -2.41. The lowest BCUT2D eigenvalue weighted by atomic mass is 9.91. The van der Waals surface area contributed by atoms with Gasteiger partial charge in [-0.3, -0.25) is 4.79 Å². The minimum Gasteiger partial charge on any atom is -0.353 e. The fourth-order valence-electron chi connectivity index (χ4n) is 2.74. The summed E-state index contributed by atoms with van der Waals surface area (Å²) in [6, 6.07) is 9.17. The molecule has 1 fully saturated rings. The van der Waals surface area contributed by atoms with E-state index in [1.54, 1.807) is 0 Å². The standard InChI is InChI=1S/C16H23BrN2O/c1-18-14-7-9-15(10-8-14)19-16(20)11-4-12-2-5-13(17)6-3-12/h2-3,5-6,14-15,18H,4,7-11H2,1H3,(H,19,20). The third-order valence-corrected chi connectivity index (χ3v) is 4.58. The van der Waals surface area contributed by atoms with Crippen LogP contribution < -0.4 is 10.6 Å². The zero-order valence-corrected chi connectivity index (χ0v) is 13.6. The number of nitrogens with one attached hydrogen (secondary N) is 2. The van der Waals surface area contributed by atoms with Crippen LogP contribution in [-0.2, 0) is 11.2 Å². The van der Waals surface area contributed by atoms with E-state index in [4.69, 9.17) is 0 Å². The second-order valence-corrected chi connectivity index (χ2v) is 6.45. The van der Waals surface area contributed by atoms with Gasteiger partial charge in [-0.15, -0.1) is 0 Å². The summed E-state index contributed by atoms with van der Waals surface area (Å²) in [5.41, 5.74) is 1.21. The molecule has 2 N–H and O–H groups in total. The molecule has 0 aliphatic heterocycles. The van der Waals surface area contributed by atoms with Gasteiger partial charge in [0.05, 0.1) is 0 Å². The minimum absolute atomic E-state index is 0.181. The van der Waals surface area contributed by atoms with E-state index in [1.807, 2.05) is 19.2 Å². The molecule has 1 aromatic rings. The van der Waals surface area contributed by atoms with Crippen LogP contribution in [0.2, 0.25) is 0 Å². The fraction of sp³-hybridized carbons (Fsp3) is 0.562. The first kappa shape index (κ1) is 15.5. The highest BCUT2D eigenvalue weighted by Gasteiger charge is 2.20. The van der Waals surface area contributed by atoms with E-state index in [-0.39, 0.29) is 5.91 Å². The number of carbonyl (C=O) groups excluding carboxylic acids is 1. The summed E-state index contributed by atoms with van der Waals surface area (Å²) in [6.45, 7) is 0. The van der Waals surface area contributed by atoms with Gasteiger partial charge in [0.25, 0.3) is 0 Å². The zero-order chi connectivity index (χ0) is 14.4. The molecule has 0 atom stereocenters. The van der Waals surface area contributed by atoms with Crippen molar-refractivity contribution >= 4 is 21.8 Å². The molecule has 0 bridgehead atoms. The van der Waals surface area contributed by atoms with Crippen LogP contribution in [0, 0.1) is 0 Å². The fourth-order valence-corrected chi connectivity index (χ4v) is 3.00. The molecular weight excluding hydrogens is 316 g/mol. The summed E-state index contributed by atoms with van der Waals surface area (Å²) < 4.78 is 1.08. The highest BCUT2D eigenvalue weighted by molar-refractivity contribution is 9.10. The van der Waals surface area contributed by atoms with Gasteiger partial charge >= 0.3 is 0 Å². The number of hydrogen-bond donors (Lipinski definition) is 2. The zero-order valence-electron chi connectivity index (χ0n) is 12.0. The van der Waals surface area contributed by atoms with Crippen molar-refractivity contribution in [2.45, 2.75) is 50.6 Å². The molecule has 1 saturated carbocycles. The SMILES string of the molecule is CNC1CCC(NC(=O)CCc2ccc(Br)cc2)CC1. The summed E-state index contributed by atoms with van der Waals surface area (Å²) in [4.78, 5) is 12.0. The average molecular weight is 339 g/mol. The Bertz CT molecular complexity index is 425. The van der Waals surface area contributed by atoms with Crippen molar-refractivity contribution < 1.29 is 4.79 Å². The van der Waals surface area contributed by atoms with Gasteiger partial charge in [-0.1, -0.05) is 28.1 Å². The van der Waals surface area contributed by atoms with Gasteiger partial charge in [0, 0.05) is 23.0 Å². The molecule has 0 spiro atoms. The molecular formula is C16H23BrN2O. The van der Waals surface area contributed by atoms with Crippen LogP contribution in [0.4, 0.5) is 0 Å². The number of carbonyl (C=O) groups is 1. The van der Waals surface area contributed by atoms with Gasteiger partial charge in [-0.2, -0.15) is 0 Å². The second kappa shape index (κ2) is 7.79. The van der Waals surface area contributed by atoms with Crippen LogP contribution in [0.15, 0.2) is 28.7 Å². The highest BCUT2D eigenvalue weighted by Crippen LogP contribution is 2.18. The van der Waals surface area contributed by atoms with E-state index in [9.17, 15) is 4.79 Å². The Hall–Kier alpha value is -0.870. The minimum atomic E-state index is 0.181. The van der Waals surface area contributed by atoms with Crippen LogP contribution in [0.5, 0.6) is 0 Å². The predicted octanol–water partition coefficient (Wildman–Crippen LogP) is 3.03. The highest BCUT2D eigenvalue weighted by atomic mass is 79.9. The Labute approximate surface area is 129 Å². The van der Waals surface area contributed by atoms with Crippen molar-refractivity contribution in [3.8, 4) is 0 Å². The van der Waals surface area contributed by atoms with Crippen LogP contribution in [0.25, 0.3) is 0 Å². The summed E-state index contributed by atoms with van der Waals surface area (Å²) in [5.74, 6) is 0.181. The number of benzene rings is 1. The van der Waals surface area contributed by atoms with E-state index >= 15 is 0 Å². The number of hydrogen-bond acceptors (Lipinski definition) is 2. The van der Waals surface area contributed by atoms with Gasteiger partial charge in [-0.25, -0.2) is 0 Å². The Kier molecular flexibility index (Phi) is 6.05. The van der Waals surface area contributed by atoms with Crippen LogP contribution in [0.1, 0.15) is 37.7 Å². The summed E-state index contributed by atoms with van der Waals surface area (Å²) in [7, 11) is 2.02. The van der Waals surface area contributed by atoms with Crippen LogP contribution in [-0.4, -0.2) is 25.0 Å². The molecule has 1 aliphatic carbocycles. The summed E-state index contributed by atoms with van der Waals surface area (Å²) in [5, 5.41) is 6.48. The van der Waals surface area contributed by atoms with Gasteiger partial charge in [0.15, 0.2) is 0 Å². The topological polar surface area (TPSA) is 41.1 Å². The van der Waals surface area contributed by atoms with E-state index in [0.717, 1.165) is 36.6 Å². The first-order valence-corrected chi connectivity index (χ1v) is 8.17. The first-order chi connectivity index (χ1) is 9.67. The van der Waals surface area contributed by atoms with Crippen molar-refractivity contribution in [1.82, 2.24) is 10.6 Å². The normalized spacial score (nSPS) is 22.5. The van der Waals surface area contributed by atoms with Crippen molar-refractivity contribution in [3.05, 3.63) is 34.3 Å². The third-order valence-electron chi connectivity index (χ3n) is 4.05. The van der Waals surface area contributed by atoms with Gasteiger partial charge in [0.2, 0.25) is 5.91 Å². The Balaban J connectivity index is 1.69. The second-order valence-electron chi connectivity index (χ2n) is 5.53. The number of amides is 1. The monoisotopic (exact) mass is 338 g/mol. The molecule has 110 valence electrons. The van der Waals surface area contributed by atoms with Gasteiger partial charge < -0.3 is 10.6 Å². The average Bonchev–Trinajstić information content (AvgIpc) is 2.47. The Morgan fingerprint density at radius 3 is 2.35 bits per heavy atom. The molecule has 2 rings (SSSR count). The van der Waals surface area contributed by atoms with Gasteiger partial charge in [0.1, 0.15) is 0 Å². The molecule has 0 unspecified atom stereocenters. The molecule has 3 nitrogen and oxygen atoms in total. The van der Waals surface area contributed by atoms with E-state index in [0.29, 0.717) is 18.5 Å². The van der Waals surface area contributed by atoms with Crippen molar-refractivity contribution in [1.29, 1.82) is 0 Å². The van der Waals surface area contributed by atoms with Crippen molar-refractivity contribution in [3.63, 3.8) is 0 Å². The molecule has 0 saturated heterocycles. The number of halogens is 1. The molecule has 0 aromatic heterocycles. The quantitative estimate of drug-likeness (QED) is 0.866. The molecule has 1 amide bonds. The number of aryl methyl sites for hydroxylation is 1. The first-order valence-electron chi connectivity index (χ1n) is 7.38. The molecule has 0 radical (unpaired) electrons. The summed E-state index contributed by atoms with van der Waals surface area (Å²) in [6.07, 6.45) is 5.89. The molecule has 1 aromatic carbocycles. The largest absolute Gasteiger partial charge is 0.353 e. The lowest BCUT2D eigenvalue weighted by Gasteiger charge is -2.28. The number of rotatable bonds is 5. The maximum absolute atomic E-state index is 12.0. The molecule has 20 heavy (non-hydrogen) atoms. The lowest BCUT2D eigenvalue weighted by molar-refractivity contribution is -0.122. The third kappa shape index (κ3) is 4.91. The molecule has 1 aliphatic rings. The molecule has 4 heteroatoms. The van der Waals surface area contributed by atoms with E-state index in [1.165, 1.54) is 5.56 Å². The smallest absolute Gasteiger partial charge is 0.220 e. The predicted molar refractivity (Wildman–Crippen MR) is 85.7 cm³/mol. The van der Waals surface area contributed by atoms with E-state index < -0.39 is 0 Å². The van der Waals surface area contributed by atoms with Crippen molar-refractivity contribution in [2.24, 2.45) is 0 Å². The maximum atomic E-state index is 12.0. The van der Waals surface area contributed by atoms with Gasteiger partial charge in [-0.05, 0) is 56.8 Å². The Morgan fingerprint density at radius 2 is 1.75 bits per heavy atom. The molecule has 0 heterocycles. The van der Waals surface area contributed by atoms with Crippen LogP contribution in [0.3, 0.4) is 0 Å². The van der Waals surface area contributed by atoms with Crippen LogP contribution >= 0.6 is 15.9 Å².